The largest absolute Gasteiger partial charge is 0.364 e. The Bertz CT molecular complexity index is 1300. The number of nitrogens with two attached hydrogens (primary N) is 1. The minimum Gasteiger partial charge on any atom is -0.364 e. The second-order valence-electron chi connectivity index (χ2n) is 6.76. The fraction of sp³-hybridized carbons (Fsp3) is 0.0476. The lowest BCUT2D eigenvalue weighted by molar-refractivity contribution is 0.0941. The van der Waals surface area contributed by atoms with Crippen molar-refractivity contribution in [3.8, 4) is 11.1 Å². The number of fused-ring (bicyclic) bond motifs is 2. The lowest BCUT2D eigenvalue weighted by atomic mass is 9.88. The topological polar surface area (TPSA) is 114 Å². The number of hydrogen-bond donors (Lipinski definition) is 3. The molecule has 0 saturated carbocycles. The van der Waals surface area contributed by atoms with Crippen LogP contribution in [0.3, 0.4) is 0 Å². The molecule has 1 unspecified atom stereocenters. The van der Waals surface area contributed by atoms with E-state index in [1.165, 1.54) is 0 Å². The maximum atomic E-state index is 13.2. The van der Waals surface area contributed by atoms with E-state index < -0.39 is 11.9 Å². The number of nitrogens with zero attached hydrogens (tertiary/aromatic N) is 2. The fourth-order valence-corrected chi connectivity index (χ4v) is 4.07. The Hall–Kier alpha value is -3.52. The quantitative estimate of drug-likeness (QED) is 0.437. The van der Waals surface area contributed by atoms with E-state index in [-0.39, 0.29) is 11.6 Å². The Morgan fingerprint density at radius 3 is 2.48 bits per heavy atom. The summed E-state index contributed by atoms with van der Waals surface area (Å²) in [7, 11) is 0. The Labute approximate surface area is 173 Å². The molecule has 0 saturated heterocycles. The number of hydrogen-bond acceptors (Lipinski definition) is 4. The van der Waals surface area contributed by atoms with Gasteiger partial charge in [0.1, 0.15) is 0 Å². The fourth-order valence-electron chi connectivity index (χ4n) is 3.80. The van der Waals surface area contributed by atoms with Crippen LogP contribution in [0.1, 0.15) is 38.0 Å². The molecule has 142 valence electrons. The number of primary amides is 1. The van der Waals surface area contributed by atoms with Gasteiger partial charge >= 0.3 is 0 Å². The monoisotopic (exact) mass is 447 g/mol. The molecule has 0 spiro atoms. The summed E-state index contributed by atoms with van der Waals surface area (Å²) in [5.41, 5.74) is 9.41. The molecule has 29 heavy (non-hydrogen) atoms. The van der Waals surface area contributed by atoms with E-state index >= 15 is 0 Å². The molecule has 1 aliphatic rings. The van der Waals surface area contributed by atoms with Crippen molar-refractivity contribution in [1.29, 1.82) is 0 Å². The Morgan fingerprint density at radius 1 is 1.03 bits per heavy atom. The van der Waals surface area contributed by atoms with Crippen molar-refractivity contribution in [2.45, 2.75) is 6.04 Å². The summed E-state index contributed by atoms with van der Waals surface area (Å²) >= 11 is 3.44. The van der Waals surface area contributed by atoms with Gasteiger partial charge < -0.3 is 16.0 Å². The van der Waals surface area contributed by atoms with Gasteiger partial charge in [0.15, 0.2) is 11.3 Å². The molecule has 5 rings (SSSR count). The highest BCUT2D eigenvalue weighted by molar-refractivity contribution is 9.10. The standard InChI is InChI=1S/C21H14BrN5O2/c22-11-7-5-10(6-8-11)17-14-9-24-20-16(14)15(18(19(23)28)26-27-20)12-3-1-2-4-13(12)21(29)25-17/h1-9,17H,(H2,23,28)(H,24,27)(H,25,29). The van der Waals surface area contributed by atoms with Crippen LogP contribution in [0.2, 0.25) is 0 Å². The lowest BCUT2D eigenvalue weighted by Gasteiger charge is -2.24. The molecular formula is C21H14BrN5O2. The van der Waals surface area contributed by atoms with Gasteiger partial charge in [-0.1, -0.05) is 46.3 Å². The van der Waals surface area contributed by atoms with Gasteiger partial charge in [-0.3, -0.25) is 9.59 Å². The van der Waals surface area contributed by atoms with Gasteiger partial charge in [-0.2, -0.15) is 0 Å². The van der Waals surface area contributed by atoms with Crippen molar-refractivity contribution in [3.05, 3.63) is 81.6 Å². The second kappa shape index (κ2) is 6.52. The van der Waals surface area contributed by atoms with Crippen LogP contribution >= 0.6 is 15.9 Å². The number of carbonyl (C=O) groups is 2. The third kappa shape index (κ3) is 2.72. The molecule has 4 aromatic rings. The second-order valence-corrected chi connectivity index (χ2v) is 7.67. The molecule has 7 nitrogen and oxygen atoms in total. The molecule has 2 aromatic heterocycles. The molecule has 2 amide bonds. The highest BCUT2D eigenvalue weighted by atomic mass is 79.9. The molecule has 2 aromatic carbocycles. The van der Waals surface area contributed by atoms with Crippen molar-refractivity contribution in [2.75, 3.05) is 0 Å². The summed E-state index contributed by atoms with van der Waals surface area (Å²) in [5, 5.41) is 12.0. The van der Waals surface area contributed by atoms with Crippen LogP contribution in [-0.2, 0) is 0 Å². The van der Waals surface area contributed by atoms with Gasteiger partial charge in [-0.25, -0.2) is 0 Å². The zero-order valence-electron chi connectivity index (χ0n) is 14.9. The summed E-state index contributed by atoms with van der Waals surface area (Å²) < 4.78 is 0.935. The number of benzene rings is 2. The normalized spacial score (nSPS) is 15.3. The third-order valence-electron chi connectivity index (χ3n) is 5.09. The average molecular weight is 448 g/mol. The van der Waals surface area contributed by atoms with Crippen LogP contribution in [0.25, 0.3) is 22.2 Å². The Balaban J connectivity index is 1.90. The van der Waals surface area contributed by atoms with Crippen LogP contribution < -0.4 is 11.1 Å². The minimum absolute atomic E-state index is 0.0371. The molecule has 4 N–H and O–H groups in total. The molecule has 3 heterocycles. The maximum absolute atomic E-state index is 13.2. The van der Waals surface area contributed by atoms with E-state index in [0.29, 0.717) is 27.7 Å². The zero-order chi connectivity index (χ0) is 20.1. The molecule has 1 aliphatic heterocycles. The molecule has 0 aliphatic carbocycles. The van der Waals surface area contributed by atoms with Crippen molar-refractivity contribution >= 4 is 38.8 Å². The molecule has 8 heteroatoms. The Morgan fingerprint density at radius 2 is 1.76 bits per heavy atom. The highest BCUT2D eigenvalue weighted by Crippen LogP contribution is 2.40. The first-order chi connectivity index (χ1) is 14.0. The van der Waals surface area contributed by atoms with Gasteiger partial charge in [-0.05, 0) is 29.3 Å². The van der Waals surface area contributed by atoms with Gasteiger partial charge in [0.05, 0.1) is 6.04 Å². The molecule has 0 fully saturated rings. The van der Waals surface area contributed by atoms with E-state index in [9.17, 15) is 9.59 Å². The number of nitrogens with one attached hydrogen (secondary N) is 2. The minimum atomic E-state index is -0.697. The maximum Gasteiger partial charge on any atom is 0.269 e. The first-order valence-corrected chi connectivity index (χ1v) is 9.67. The van der Waals surface area contributed by atoms with Crippen molar-refractivity contribution in [2.24, 2.45) is 5.73 Å². The first-order valence-electron chi connectivity index (χ1n) is 8.88. The van der Waals surface area contributed by atoms with Crippen LogP contribution in [0.15, 0.2) is 59.2 Å². The summed E-state index contributed by atoms with van der Waals surface area (Å²) in [6.07, 6.45) is 1.79. The smallest absolute Gasteiger partial charge is 0.269 e. The highest BCUT2D eigenvalue weighted by Gasteiger charge is 2.31. The van der Waals surface area contributed by atoms with Gasteiger partial charge in [0, 0.05) is 32.7 Å². The van der Waals surface area contributed by atoms with Crippen LogP contribution in [-0.4, -0.2) is 27.0 Å². The van der Waals surface area contributed by atoms with Crippen LogP contribution in [0.4, 0.5) is 0 Å². The molecule has 1 atom stereocenters. The van der Waals surface area contributed by atoms with E-state index in [4.69, 9.17) is 5.73 Å². The lowest BCUT2D eigenvalue weighted by Crippen LogP contribution is -2.31. The zero-order valence-corrected chi connectivity index (χ0v) is 16.5. The number of aromatic nitrogens is 3. The summed E-state index contributed by atoms with van der Waals surface area (Å²) in [6.45, 7) is 0. The summed E-state index contributed by atoms with van der Waals surface area (Å²) in [6, 6.07) is 14.4. The number of amides is 2. The number of H-pyrrole nitrogens is 1. The van der Waals surface area contributed by atoms with E-state index in [1.807, 2.05) is 30.3 Å². The van der Waals surface area contributed by atoms with Crippen LogP contribution in [0, 0.1) is 0 Å². The van der Waals surface area contributed by atoms with Gasteiger partial charge in [0.25, 0.3) is 11.8 Å². The number of rotatable bonds is 2. The first kappa shape index (κ1) is 17.6. The van der Waals surface area contributed by atoms with Crippen molar-refractivity contribution < 1.29 is 9.59 Å². The van der Waals surface area contributed by atoms with Gasteiger partial charge in [0.2, 0.25) is 0 Å². The molecule has 0 radical (unpaired) electrons. The number of carbonyl (C=O) groups excluding carboxylic acids is 2. The predicted molar refractivity (Wildman–Crippen MR) is 111 cm³/mol. The summed E-state index contributed by atoms with van der Waals surface area (Å²) in [4.78, 5) is 28.4. The van der Waals surface area contributed by atoms with Crippen LogP contribution in [0.5, 0.6) is 0 Å². The summed E-state index contributed by atoms with van der Waals surface area (Å²) in [5.74, 6) is -0.946. The molecular weight excluding hydrogens is 434 g/mol. The predicted octanol–water partition coefficient (Wildman–Crippen LogP) is 3.32. The average Bonchev–Trinajstić information content (AvgIpc) is 3.15. The van der Waals surface area contributed by atoms with E-state index in [2.05, 4.69) is 36.4 Å². The number of aromatic amines is 1. The van der Waals surface area contributed by atoms with E-state index in [0.717, 1.165) is 15.6 Å². The van der Waals surface area contributed by atoms with E-state index in [1.54, 1.807) is 24.4 Å². The van der Waals surface area contributed by atoms with Crippen molar-refractivity contribution in [3.63, 3.8) is 0 Å². The number of halogens is 1. The van der Waals surface area contributed by atoms with Gasteiger partial charge in [-0.15, -0.1) is 10.2 Å². The molecule has 0 bridgehead atoms. The third-order valence-corrected chi connectivity index (χ3v) is 5.62. The SMILES string of the molecule is NC(=O)c1nnc2[nH]cc3c2c1-c1ccccc1C(=O)NC3c1ccc(Br)cc1. The Kier molecular flexibility index (Phi) is 3.95. The van der Waals surface area contributed by atoms with Crippen molar-refractivity contribution in [1.82, 2.24) is 20.5 Å².